The number of carboxylic acid groups (broad SMARTS) is 2. The van der Waals surface area contributed by atoms with Gasteiger partial charge in [-0.25, -0.2) is 0 Å². The van der Waals surface area contributed by atoms with Gasteiger partial charge in [0.05, 0.1) is 21.7 Å². The van der Waals surface area contributed by atoms with Crippen LogP contribution in [0, 0.1) is 12.8 Å². The number of rotatable bonds is 7. The number of aliphatic carboxylic acids is 2. The molecule has 11 heteroatoms. The van der Waals surface area contributed by atoms with Gasteiger partial charge in [-0.05, 0) is 20.8 Å². The SMILES string of the molecule is CC(C)(C)OC(=O)CCN.O=C(O)CCNC(=O)CI.O=C(O)CI.[2H]C#C.[H+]. The molecule has 27 heavy (non-hydrogen) atoms. The Bertz CT molecular complexity index is 497. The van der Waals surface area contributed by atoms with Crippen molar-refractivity contribution in [3.05, 3.63) is 0 Å². The van der Waals surface area contributed by atoms with Crippen LogP contribution in [0.1, 0.15) is 36.4 Å². The molecule has 0 saturated carbocycles. The number of nitrogens with one attached hydrogen (secondary N) is 1. The molecule has 0 aliphatic carbocycles. The number of terminal acetylenes is 1. The molecular formula is C16H29I2N2O7+. The minimum Gasteiger partial charge on any atom is -0.481 e. The van der Waals surface area contributed by atoms with Crippen molar-refractivity contribution in [2.24, 2.45) is 5.73 Å². The van der Waals surface area contributed by atoms with Gasteiger partial charge in [-0.3, -0.25) is 19.2 Å². The summed E-state index contributed by atoms with van der Waals surface area (Å²) in [7, 11) is 0. The number of halogens is 2. The van der Waals surface area contributed by atoms with Crippen molar-refractivity contribution in [2.45, 2.75) is 39.2 Å². The minimum absolute atomic E-state index is 0. The summed E-state index contributed by atoms with van der Waals surface area (Å²) in [6.45, 7) is 6.08. The Kier molecular flexibility index (Phi) is 25.9. The molecular weight excluding hydrogens is 586 g/mol. The van der Waals surface area contributed by atoms with Crippen molar-refractivity contribution in [3.8, 4) is 12.8 Å². The fourth-order valence-electron chi connectivity index (χ4n) is 0.866. The third kappa shape index (κ3) is 45.7. The Morgan fingerprint density at radius 2 is 1.59 bits per heavy atom. The normalized spacial score (nSPS) is 9.15. The molecule has 0 aromatic carbocycles. The highest BCUT2D eigenvalue weighted by molar-refractivity contribution is 14.1. The lowest BCUT2D eigenvalue weighted by molar-refractivity contribution is -0.154. The number of nitrogens with two attached hydrogens (primary N) is 1. The summed E-state index contributed by atoms with van der Waals surface area (Å²) in [4.78, 5) is 40.5. The van der Waals surface area contributed by atoms with Crippen LogP contribution in [-0.4, -0.2) is 61.6 Å². The van der Waals surface area contributed by atoms with Crippen LogP contribution in [0.25, 0.3) is 0 Å². The summed E-state index contributed by atoms with van der Waals surface area (Å²) in [5.41, 5.74) is 4.76. The summed E-state index contributed by atoms with van der Waals surface area (Å²) in [5, 5.41) is 18.3. The van der Waals surface area contributed by atoms with E-state index >= 15 is 0 Å². The van der Waals surface area contributed by atoms with Crippen LogP contribution in [0.3, 0.4) is 0 Å². The average molecular weight is 616 g/mol. The number of esters is 1. The maximum atomic E-state index is 10.8. The predicted molar refractivity (Wildman–Crippen MR) is 121 cm³/mol. The quantitative estimate of drug-likeness (QED) is 0.145. The lowest BCUT2D eigenvalue weighted by Gasteiger charge is -2.18. The molecule has 9 nitrogen and oxygen atoms in total. The molecule has 0 fully saturated rings. The van der Waals surface area contributed by atoms with E-state index in [0.717, 1.165) is 0 Å². The maximum Gasteiger partial charge on any atom is 1.00 e. The standard InChI is InChI=1S/C7H15NO2.C5H8INO3.C2H3IO2.C2H2/c1-7(2,3)10-6(9)4-5-8;6-3-4(8)7-2-1-5(9)10;3-1-2(4)5;1-2/h4-5,8H2,1-3H3;1-3H2,(H,7,8)(H,9,10);1H2,(H,4,5);1-2H/p+1/i;;;1D. The van der Waals surface area contributed by atoms with Crippen LogP contribution in [0.5, 0.6) is 0 Å². The third-order valence-corrected chi connectivity index (χ3v) is 3.01. The van der Waals surface area contributed by atoms with Crippen molar-refractivity contribution < 1.29 is 36.9 Å². The van der Waals surface area contributed by atoms with Gasteiger partial charge in [0.15, 0.2) is 0 Å². The molecule has 1 amide bonds. The number of alkyl halides is 2. The zero-order valence-corrected chi connectivity index (χ0v) is 19.9. The Morgan fingerprint density at radius 3 is 1.85 bits per heavy atom. The predicted octanol–water partition coefficient (Wildman–Crippen LogP) is 1.56. The van der Waals surface area contributed by atoms with E-state index in [1.807, 2.05) is 43.4 Å². The van der Waals surface area contributed by atoms with Crippen LogP contribution in [0.15, 0.2) is 0 Å². The Hall–Kier alpha value is -1.14. The number of amides is 1. The van der Waals surface area contributed by atoms with E-state index in [1.54, 1.807) is 22.6 Å². The van der Waals surface area contributed by atoms with Gasteiger partial charge in [0.1, 0.15) is 6.97 Å². The monoisotopic (exact) mass is 616 g/mol. The largest absolute Gasteiger partial charge is 1.00 e. The third-order valence-electron chi connectivity index (χ3n) is 1.67. The van der Waals surface area contributed by atoms with Gasteiger partial charge in [-0.1, -0.05) is 45.2 Å². The molecule has 0 spiro atoms. The first kappa shape index (κ1) is 30.6. The highest BCUT2D eigenvalue weighted by atomic mass is 127. The number of carbonyl (C=O) groups excluding carboxylic acids is 2. The lowest BCUT2D eigenvalue weighted by Crippen LogP contribution is -2.26. The van der Waals surface area contributed by atoms with Gasteiger partial charge in [0.2, 0.25) is 5.91 Å². The van der Waals surface area contributed by atoms with E-state index in [2.05, 4.69) is 11.7 Å². The molecule has 0 aromatic heterocycles. The van der Waals surface area contributed by atoms with Gasteiger partial charge in [-0.2, -0.15) is 0 Å². The first-order chi connectivity index (χ1) is 12.8. The topological polar surface area (TPSA) is 156 Å². The molecule has 0 unspecified atom stereocenters. The highest BCUT2D eigenvalue weighted by Gasteiger charge is 2.14. The molecule has 0 aromatic rings. The van der Waals surface area contributed by atoms with Gasteiger partial charge in [-0.15, -0.1) is 12.8 Å². The molecule has 0 aliphatic rings. The molecule has 158 valence electrons. The first-order valence-electron chi connectivity index (χ1n) is 7.92. The van der Waals surface area contributed by atoms with E-state index in [9.17, 15) is 19.2 Å². The van der Waals surface area contributed by atoms with Crippen molar-refractivity contribution in [1.82, 2.24) is 5.32 Å². The number of ether oxygens (including phenoxy) is 1. The molecule has 5 N–H and O–H groups in total. The van der Waals surface area contributed by atoms with E-state index < -0.39 is 11.9 Å². The van der Waals surface area contributed by atoms with E-state index in [0.29, 0.717) is 17.4 Å². The molecule has 0 atom stereocenters. The van der Waals surface area contributed by atoms with Crippen LogP contribution < -0.4 is 11.1 Å². The Morgan fingerprint density at radius 1 is 1.15 bits per heavy atom. The average Bonchev–Trinajstić information content (AvgIpc) is 2.54. The Balaban J connectivity index is -0.0000000953. The molecule has 0 bridgehead atoms. The fourth-order valence-corrected chi connectivity index (χ4v) is 1.14. The van der Waals surface area contributed by atoms with Crippen molar-refractivity contribution in [3.63, 3.8) is 0 Å². The number of hydrogen-bond acceptors (Lipinski definition) is 6. The van der Waals surface area contributed by atoms with Crippen LogP contribution >= 0.6 is 45.2 Å². The minimum atomic E-state index is -0.895. The van der Waals surface area contributed by atoms with Crippen LogP contribution in [0.4, 0.5) is 0 Å². The number of carboxylic acids is 2. The van der Waals surface area contributed by atoms with E-state index in [-0.39, 0.29) is 36.3 Å². The number of carbonyl (C=O) groups is 4. The highest BCUT2D eigenvalue weighted by Crippen LogP contribution is 2.07. The zero-order chi connectivity index (χ0) is 23.2. The van der Waals surface area contributed by atoms with Crippen molar-refractivity contribution in [1.29, 1.82) is 0 Å². The van der Waals surface area contributed by atoms with Gasteiger partial charge in [0, 0.05) is 13.1 Å². The maximum absolute atomic E-state index is 10.8. The summed E-state index contributed by atoms with van der Waals surface area (Å²) in [6.07, 6.45) is 6.06. The second-order valence-electron chi connectivity index (χ2n) is 5.28. The van der Waals surface area contributed by atoms with Crippen LogP contribution in [0.2, 0.25) is 0 Å². The van der Waals surface area contributed by atoms with Gasteiger partial charge < -0.3 is 26.0 Å². The van der Waals surface area contributed by atoms with Crippen molar-refractivity contribution >= 4 is 69.0 Å². The Labute approximate surface area is 190 Å². The summed E-state index contributed by atoms with van der Waals surface area (Å²) >= 11 is 3.69. The summed E-state index contributed by atoms with van der Waals surface area (Å²) in [6, 6.07) is 0. The molecule has 0 rings (SSSR count). The molecule has 0 saturated heterocycles. The molecule has 0 aliphatic heterocycles. The smallest absolute Gasteiger partial charge is 0.481 e. The summed E-state index contributed by atoms with van der Waals surface area (Å²) in [5.74, 6) is -2.00. The first-order valence-corrected chi connectivity index (χ1v) is 10.5. The van der Waals surface area contributed by atoms with E-state index in [1.165, 1.54) is 6.40 Å². The zero-order valence-electron chi connectivity index (χ0n) is 17.6. The second-order valence-corrected chi connectivity index (χ2v) is 6.81. The fraction of sp³-hybridized carbons (Fsp3) is 0.625. The van der Waals surface area contributed by atoms with E-state index in [4.69, 9.17) is 22.1 Å². The van der Waals surface area contributed by atoms with Crippen molar-refractivity contribution in [2.75, 3.05) is 21.9 Å². The number of hydrogen-bond donors (Lipinski definition) is 4. The molecule has 0 heterocycles. The van der Waals surface area contributed by atoms with Gasteiger partial charge >= 0.3 is 19.3 Å². The lowest BCUT2D eigenvalue weighted by atomic mass is 10.2. The molecule has 0 radical (unpaired) electrons. The second kappa shape index (κ2) is 22.9. The van der Waals surface area contributed by atoms with Crippen LogP contribution in [-0.2, 0) is 23.9 Å². The summed E-state index contributed by atoms with van der Waals surface area (Å²) < 4.78 is 11.3. The van der Waals surface area contributed by atoms with Gasteiger partial charge in [0.25, 0.3) is 0 Å².